The summed E-state index contributed by atoms with van der Waals surface area (Å²) in [4.78, 5) is 4.29. The smallest absolute Gasteiger partial charge is 0.0719 e. The van der Waals surface area contributed by atoms with Crippen LogP contribution in [0.4, 0.5) is 5.69 Å². The third-order valence-electron chi connectivity index (χ3n) is 2.39. The number of nitrogen functional groups attached to an aromatic ring is 1. The van der Waals surface area contributed by atoms with Crippen LogP contribution in [0, 0.1) is 0 Å². The Morgan fingerprint density at radius 1 is 1.41 bits per heavy atom. The summed E-state index contributed by atoms with van der Waals surface area (Å²) in [6.45, 7) is 2.40. The lowest BCUT2D eigenvalue weighted by Crippen LogP contribution is -2.06. The fraction of sp³-hybridized carbons (Fsp3) is 0.333. The predicted octanol–water partition coefficient (Wildman–Crippen LogP) is 0.832. The van der Waals surface area contributed by atoms with E-state index in [-0.39, 0.29) is 6.10 Å². The van der Waals surface area contributed by atoms with Crippen molar-refractivity contribution in [3.8, 4) is 0 Å². The molecule has 0 fully saturated rings. The number of aliphatic hydroxyl groups excluding tert-OH is 1. The third kappa shape index (κ3) is 3.29. The van der Waals surface area contributed by atoms with Crippen molar-refractivity contribution >= 4 is 5.69 Å². The lowest BCUT2D eigenvalue weighted by molar-refractivity contribution is 0.194. The third-order valence-corrected chi connectivity index (χ3v) is 2.39. The molecule has 0 aliphatic rings. The van der Waals surface area contributed by atoms with Gasteiger partial charge in [-0.05, 0) is 18.6 Å². The van der Waals surface area contributed by atoms with Gasteiger partial charge < -0.3 is 10.8 Å². The van der Waals surface area contributed by atoms with Crippen LogP contribution in [0.5, 0.6) is 0 Å². The largest absolute Gasteiger partial charge is 0.396 e. The molecule has 3 N–H and O–H groups in total. The van der Waals surface area contributed by atoms with E-state index in [9.17, 15) is 5.11 Å². The quantitative estimate of drug-likeness (QED) is 0.818. The number of aromatic nitrogens is 3. The number of rotatable bonds is 4. The normalized spacial score (nSPS) is 12.6. The maximum Gasteiger partial charge on any atom is 0.0719 e. The molecule has 0 aliphatic heterocycles. The van der Waals surface area contributed by atoms with Crippen LogP contribution in [0.1, 0.15) is 18.2 Å². The number of pyridine rings is 1. The van der Waals surface area contributed by atoms with Gasteiger partial charge in [0.15, 0.2) is 0 Å². The van der Waals surface area contributed by atoms with Gasteiger partial charge in [-0.3, -0.25) is 9.67 Å². The fourth-order valence-corrected chi connectivity index (χ4v) is 1.63. The summed E-state index contributed by atoms with van der Waals surface area (Å²) in [6.07, 6.45) is 5.42. The van der Waals surface area contributed by atoms with Crippen LogP contribution < -0.4 is 5.73 Å². The summed E-state index contributed by atoms with van der Waals surface area (Å²) in [7, 11) is 0. The second-order valence-corrected chi connectivity index (χ2v) is 4.18. The summed E-state index contributed by atoms with van der Waals surface area (Å²) >= 11 is 0. The number of nitrogens with zero attached hydrogens (tertiary/aromatic N) is 3. The van der Waals surface area contributed by atoms with Gasteiger partial charge in [0.2, 0.25) is 0 Å². The highest BCUT2D eigenvalue weighted by Crippen LogP contribution is 2.06. The molecule has 2 heterocycles. The molecular formula is C12H16N4O. The molecule has 0 saturated carbocycles. The SMILES string of the molecule is CC(O)Cc1ccc(Cn2cc(N)cn2)cn1. The topological polar surface area (TPSA) is 77.0 Å². The molecule has 90 valence electrons. The molecule has 2 rings (SSSR count). The molecule has 5 heteroatoms. The molecule has 2 aromatic rings. The van der Waals surface area contributed by atoms with Gasteiger partial charge in [-0.15, -0.1) is 0 Å². The zero-order valence-electron chi connectivity index (χ0n) is 9.74. The second kappa shape index (κ2) is 4.97. The second-order valence-electron chi connectivity index (χ2n) is 4.18. The molecule has 2 aromatic heterocycles. The van der Waals surface area contributed by atoms with Crippen molar-refractivity contribution in [2.24, 2.45) is 0 Å². The Balaban J connectivity index is 2.03. The maximum atomic E-state index is 9.25. The minimum absolute atomic E-state index is 0.362. The monoisotopic (exact) mass is 232 g/mol. The van der Waals surface area contributed by atoms with Crippen LogP contribution >= 0.6 is 0 Å². The van der Waals surface area contributed by atoms with Crippen LogP contribution in [0.25, 0.3) is 0 Å². The van der Waals surface area contributed by atoms with Gasteiger partial charge in [-0.25, -0.2) is 0 Å². The van der Waals surface area contributed by atoms with Crippen LogP contribution in [0.3, 0.4) is 0 Å². The lowest BCUT2D eigenvalue weighted by Gasteiger charge is -2.05. The van der Waals surface area contributed by atoms with E-state index in [1.807, 2.05) is 12.1 Å². The van der Waals surface area contributed by atoms with E-state index in [0.717, 1.165) is 11.3 Å². The first-order valence-corrected chi connectivity index (χ1v) is 5.53. The Kier molecular flexibility index (Phi) is 3.39. The van der Waals surface area contributed by atoms with Crippen molar-refractivity contribution in [3.05, 3.63) is 42.0 Å². The minimum Gasteiger partial charge on any atom is -0.396 e. The van der Waals surface area contributed by atoms with E-state index in [1.54, 1.807) is 30.2 Å². The first-order valence-electron chi connectivity index (χ1n) is 5.53. The summed E-state index contributed by atoms with van der Waals surface area (Å²) in [5.74, 6) is 0. The average molecular weight is 232 g/mol. The predicted molar refractivity (Wildman–Crippen MR) is 65.4 cm³/mol. The van der Waals surface area contributed by atoms with Crippen molar-refractivity contribution in [1.29, 1.82) is 0 Å². The number of anilines is 1. The van der Waals surface area contributed by atoms with E-state index in [2.05, 4.69) is 10.1 Å². The molecule has 5 nitrogen and oxygen atoms in total. The molecule has 0 saturated heterocycles. The fourth-order valence-electron chi connectivity index (χ4n) is 1.63. The zero-order chi connectivity index (χ0) is 12.3. The van der Waals surface area contributed by atoms with Crippen LogP contribution in [-0.2, 0) is 13.0 Å². The number of hydrogen-bond donors (Lipinski definition) is 2. The highest BCUT2D eigenvalue weighted by atomic mass is 16.3. The van der Waals surface area contributed by atoms with Crippen LogP contribution in [-0.4, -0.2) is 26.0 Å². The molecule has 0 spiro atoms. The molecule has 0 aromatic carbocycles. The molecule has 1 atom stereocenters. The highest BCUT2D eigenvalue weighted by molar-refractivity contribution is 5.30. The maximum absolute atomic E-state index is 9.25. The van der Waals surface area contributed by atoms with Crippen LogP contribution in [0.2, 0.25) is 0 Å². The van der Waals surface area contributed by atoms with Gasteiger partial charge in [0.25, 0.3) is 0 Å². The summed E-state index contributed by atoms with van der Waals surface area (Å²) < 4.78 is 1.76. The molecular weight excluding hydrogens is 216 g/mol. The van der Waals surface area contributed by atoms with E-state index in [4.69, 9.17) is 5.73 Å². The van der Waals surface area contributed by atoms with Crippen LogP contribution in [0.15, 0.2) is 30.7 Å². The lowest BCUT2D eigenvalue weighted by atomic mass is 10.2. The molecule has 0 aliphatic carbocycles. The Hall–Kier alpha value is -1.88. The first kappa shape index (κ1) is 11.6. The Morgan fingerprint density at radius 3 is 2.76 bits per heavy atom. The van der Waals surface area contributed by atoms with Crippen molar-refractivity contribution < 1.29 is 5.11 Å². The van der Waals surface area contributed by atoms with Gasteiger partial charge in [0, 0.05) is 24.5 Å². The molecule has 1 unspecified atom stereocenters. The Morgan fingerprint density at radius 2 is 2.24 bits per heavy atom. The summed E-state index contributed by atoms with van der Waals surface area (Å²) in [6, 6.07) is 3.91. The van der Waals surface area contributed by atoms with Crippen molar-refractivity contribution in [1.82, 2.24) is 14.8 Å². The van der Waals surface area contributed by atoms with E-state index >= 15 is 0 Å². The summed E-state index contributed by atoms with van der Waals surface area (Å²) in [5, 5.41) is 13.4. The first-order chi connectivity index (χ1) is 8.13. The minimum atomic E-state index is -0.362. The van der Waals surface area contributed by atoms with Gasteiger partial charge in [-0.1, -0.05) is 6.07 Å². The molecule has 0 bridgehead atoms. The molecule has 0 radical (unpaired) electrons. The van der Waals surface area contributed by atoms with Crippen molar-refractivity contribution in [2.75, 3.05) is 5.73 Å². The van der Waals surface area contributed by atoms with Gasteiger partial charge >= 0.3 is 0 Å². The van der Waals surface area contributed by atoms with Crippen molar-refractivity contribution in [2.45, 2.75) is 26.0 Å². The van der Waals surface area contributed by atoms with E-state index in [1.165, 1.54) is 0 Å². The summed E-state index contributed by atoms with van der Waals surface area (Å²) in [5.41, 5.74) is 8.19. The van der Waals surface area contributed by atoms with Crippen molar-refractivity contribution in [3.63, 3.8) is 0 Å². The van der Waals surface area contributed by atoms with E-state index in [0.29, 0.717) is 18.7 Å². The number of hydrogen-bond acceptors (Lipinski definition) is 4. The molecule has 0 amide bonds. The van der Waals surface area contributed by atoms with Gasteiger partial charge in [0.1, 0.15) is 0 Å². The molecule has 17 heavy (non-hydrogen) atoms. The standard InChI is InChI=1S/C12H16N4O/c1-9(17)4-12-3-2-10(5-14-12)7-16-8-11(13)6-15-16/h2-3,5-6,8-9,17H,4,7,13H2,1H3. The number of nitrogens with two attached hydrogens (primary N) is 1. The highest BCUT2D eigenvalue weighted by Gasteiger charge is 2.02. The zero-order valence-corrected chi connectivity index (χ0v) is 9.74. The van der Waals surface area contributed by atoms with Gasteiger partial charge in [-0.2, -0.15) is 5.10 Å². The number of aliphatic hydroxyl groups is 1. The Labute approximate surface area is 99.9 Å². The van der Waals surface area contributed by atoms with E-state index < -0.39 is 0 Å². The van der Waals surface area contributed by atoms with Gasteiger partial charge in [0.05, 0.1) is 24.5 Å². The Bertz CT molecular complexity index is 476. The average Bonchev–Trinajstić information content (AvgIpc) is 2.66.